The number of alkyl halides is 3. The Morgan fingerprint density at radius 1 is 1.26 bits per heavy atom. The highest BCUT2D eigenvalue weighted by molar-refractivity contribution is 6.30. The molecule has 1 atom stereocenters. The molecule has 1 aromatic carbocycles. The van der Waals surface area contributed by atoms with E-state index in [0.717, 1.165) is 6.07 Å². The number of nitrogens with one attached hydrogen (secondary N) is 1. The van der Waals surface area contributed by atoms with Crippen molar-refractivity contribution in [2.75, 3.05) is 26.4 Å². The first-order valence-corrected chi connectivity index (χ1v) is 10.3. The lowest BCUT2D eigenvalue weighted by Gasteiger charge is -2.35. The minimum atomic E-state index is -4.64. The number of amides is 1. The first-order valence-electron chi connectivity index (χ1n) is 9.97. The van der Waals surface area contributed by atoms with Crippen molar-refractivity contribution in [1.29, 1.82) is 0 Å². The molecule has 176 valence electrons. The highest BCUT2D eigenvalue weighted by Gasteiger charge is 2.33. The minimum Gasteiger partial charge on any atom is -0.484 e. The summed E-state index contributed by atoms with van der Waals surface area (Å²) in [6, 6.07) is 3.89. The van der Waals surface area contributed by atoms with E-state index in [-0.39, 0.29) is 61.5 Å². The van der Waals surface area contributed by atoms with Crippen LogP contribution in [0.25, 0.3) is 0 Å². The van der Waals surface area contributed by atoms with E-state index in [1.165, 1.54) is 12.1 Å². The number of halogens is 5. The van der Waals surface area contributed by atoms with E-state index in [1.54, 1.807) is 6.92 Å². The van der Waals surface area contributed by atoms with Crippen LogP contribution in [0.3, 0.4) is 0 Å². The first kappa shape index (κ1) is 25.6. The van der Waals surface area contributed by atoms with Gasteiger partial charge in [0.15, 0.2) is 6.61 Å². The van der Waals surface area contributed by atoms with Crippen molar-refractivity contribution >= 4 is 17.5 Å². The molecule has 2 rings (SSSR count). The van der Waals surface area contributed by atoms with Crippen molar-refractivity contribution in [3.63, 3.8) is 0 Å². The van der Waals surface area contributed by atoms with Crippen LogP contribution in [0.15, 0.2) is 18.2 Å². The molecule has 0 unspecified atom stereocenters. The summed E-state index contributed by atoms with van der Waals surface area (Å²) in [4.78, 5) is 11.9. The van der Waals surface area contributed by atoms with Crippen molar-refractivity contribution in [2.24, 2.45) is 0 Å². The molecule has 1 aliphatic carbocycles. The minimum absolute atomic E-state index is 0.0165. The van der Waals surface area contributed by atoms with Crippen LogP contribution in [-0.4, -0.2) is 56.9 Å². The highest BCUT2D eigenvalue weighted by atomic mass is 35.5. The molecule has 0 aromatic heterocycles. The molecule has 0 bridgehead atoms. The molecule has 1 fully saturated rings. The van der Waals surface area contributed by atoms with Gasteiger partial charge in [-0.05, 0) is 37.8 Å². The lowest BCUT2D eigenvalue weighted by atomic mass is 9.89. The molecule has 1 aliphatic rings. The van der Waals surface area contributed by atoms with E-state index >= 15 is 0 Å². The quantitative estimate of drug-likeness (QED) is 0.344. The smallest absolute Gasteiger partial charge is 0.484 e. The molecule has 0 radical (unpaired) electrons. The van der Waals surface area contributed by atoms with Gasteiger partial charge in [-0.1, -0.05) is 18.5 Å². The number of carbonyl (C=O) groups excluding carboxylic acids is 1. The third-order valence-corrected chi connectivity index (χ3v) is 4.95. The second-order valence-electron chi connectivity index (χ2n) is 7.09. The van der Waals surface area contributed by atoms with Crippen molar-refractivity contribution in [3.05, 3.63) is 29.0 Å². The number of hydrogen-bond acceptors (Lipinski definition) is 5. The third kappa shape index (κ3) is 10.0. The molecule has 6 nitrogen and oxygen atoms in total. The van der Waals surface area contributed by atoms with Gasteiger partial charge < -0.3 is 19.5 Å². The summed E-state index contributed by atoms with van der Waals surface area (Å²) in [5.41, 5.74) is 0. The standard InChI is InChI=1S/C20H26ClF4NO5/c1-2-14(31-20(23,24)25)5-6-28-7-8-29-16-9-13(10-16)26-19(27)12-30-15-3-4-17(21)18(22)11-15/h3-4,11,13-14,16H,2,5-10,12H2,1H3,(H,26,27)/t13-,14-,16+/m0/s1. The maximum absolute atomic E-state index is 13.3. The second-order valence-corrected chi connectivity index (χ2v) is 7.50. The Morgan fingerprint density at radius 3 is 2.65 bits per heavy atom. The molecule has 1 aromatic rings. The Bertz CT molecular complexity index is 701. The van der Waals surface area contributed by atoms with E-state index in [9.17, 15) is 22.4 Å². The number of ether oxygens (including phenoxy) is 4. The number of benzene rings is 1. The molecule has 0 spiro atoms. The lowest BCUT2D eigenvalue weighted by Crippen LogP contribution is -2.49. The van der Waals surface area contributed by atoms with Gasteiger partial charge in [-0.15, -0.1) is 13.2 Å². The largest absolute Gasteiger partial charge is 0.522 e. The van der Waals surface area contributed by atoms with Gasteiger partial charge in [0.25, 0.3) is 5.91 Å². The SMILES string of the molecule is CC[C@@H](CCOCCO[C@H]1C[C@@H](NC(=O)COc2ccc(Cl)c(F)c2)C1)OC(F)(F)F. The zero-order chi connectivity index (χ0) is 22.9. The van der Waals surface area contributed by atoms with Gasteiger partial charge in [0.1, 0.15) is 11.6 Å². The van der Waals surface area contributed by atoms with Crippen LogP contribution >= 0.6 is 11.6 Å². The zero-order valence-corrected chi connectivity index (χ0v) is 17.8. The van der Waals surface area contributed by atoms with E-state index in [2.05, 4.69) is 10.1 Å². The average Bonchev–Trinajstić information content (AvgIpc) is 2.67. The predicted octanol–water partition coefficient (Wildman–Crippen LogP) is 4.24. The molecular weight excluding hydrogens is 446 g/mol. The van der Waals surface area contributed by atoms with Gasteiger partial charge in [0.05, 0.1) is 30.4 Å². The van der Waals surface area contributed by atoms with Crippen LogP contribution in [0, 0.1) is 5.82 Å². The number of hydrogen-bond donors (Lipinski definition) is 1. The van der Waals surface area contributed by atoms with Gasteiger partial charge in [0, 0.05) is 18.7 Å². The van der Waals surface area contributed by atoms with E-state index in [0.29, 0.717) is 19.4 Å². The molecule has 1 N–H and O–H groups in total. The Labute approximate surface area is 183 Å². The summed E-state index contributed by atoms with van der Waals surface area (Å²) < 4.78 is 69.9. The van der Waals surface area contributed by atoms with Crippen LogP contribution < -0.4 is 10.1 Å². The average molecular weight is 472 g/mol. The molecule has 11 heteroatoms. The fourth-order valence-corrected chi connectivity index (χ4v) is 3.05. The van der Waals surface area contributed by atoms with E-state index in [4.69, 9.17) is 25.8 Å². The van der Waals surface area contributed by atoms with E-state index < -0.39 is 18.3 Å². The van der Waals surface area contributed by atoms with Crippen LogP contribution in [-0.2, 0) is 19.0 Å². The van der Waals surface area contributed by atoms with Crippen LogP contribution in [0.4, 0.5) is 17.6 Å². The zero-order valence-electron chi connectivity index (χ0n) is 17.1. The van der Waals surface area contributed by atoms with Gasteiger partial charge in [-0.3, -0.25) is 9.53 Å². The molecule has 1 saturated carbocycles. The Kier molecular flexibility index (Phi) is 10.3. The number of carbonyl (C=O) groups is 1. The molecule has 0 heterocycles. The monoisotopic (exact) mass is 471 g/mol. The molecule has 1 amide bonds. The summed E-state index contributed by atoms with van der Waals surface area (Å²) in [6.45, 7) is 2.11. The van der Waals surface area contributed by atoms with E-state index in [1.807, 2.05) is 0 Å². The maximum atomic E-state index is 13.3. The third-order valence-electron chi connectivity index (χ3n) is 4.64. The highest BCUT2D eigenvalue weighted by Crippen LogP contribution is 2.24. The van der Waals surface area contributed by atoms with Crippen LogP contribution in [0.2, 0.25) is 5.02 Å². The second kappa shape index (κ2) is 12.4. The summed E-state index contributed by atoms with van der Waals surface area (Å²) >= 11 is 5.58. The fourth-order valence-electron chi connectivity index (χ4n) is 2.93. The van der Waals surface area contributed by atoms with Crippen molar-refractivity contribution in [1.82, 2.24) is 5.32 Å². The maximum Gasteiger partial charge on any atom is 0.522 e. The van der Waals surface area contributed by atoms with Crippen molar-refractivity contribution < 1.29 is 41.3 Å². The van der Waals surface area contributed by atoms with Gasteiger partial charge in [0.2, 0.25) is 0 Å². The van der Waals surface area contributed by atoms with Crippen LogP contribution in [0.1, 0.15) is 32.6 Å². The van der Waals surface area contributed by atoms with Gasteiger partial charge in [-0.25, -0.2) is 4.39 Å². The number of rotatable bonds is 13. The molecular formula is C20H26ClF4NO5. The van der Waals surface area contributed by atoms with Crippen LogP contribution in [0.5, 0.6) is 5.75 Å². The summed E-state index contributed by atoms with van der Waals surface area (Å²) in [5, 5.41) is 2.77. The fraction of sp³-hybridized carbons (Fsp3) is 0.650. The molecule has 0 aliphatic heterocycles. The first-order chi connectivity index (χ1) is 14.7. The lowest BCUT2D eigenvalue weighted by molar-refractivity contribution is -0.344. The summed E-state index contributed by atoms with van der Waals surface area (Å²) in [7, 11) is 0. The molecule has 0 saturated heterocycles. The van der Waals surface area contributed by atoms with Crippen molar-refractivity contribution in [3.8, 4) is 5.75 Å². The Balaban J connectivity index is 1.48. The molecule has 31 heavy (non-hydrogen) atoms. The topological polar surface area (TPSA) is 66.0 Å². The van der Waals surface area contributed by atoms with Crippen molar-refractivity contribution in [2.45, 2.75) is 57.2 Å². The van der Waals surface area contributed by atoms with Gasteiger partial charge in [-0.2, -0.15) is 0 Å². The summed E-state index contributed by atoms with van der Waals surface area (Å²) in [6.07, 6.45) is -3.90. The normalized spacial score (nSPS) is 19.5. The predicted molar refractivity (Wildman–Crippen MR) is 104 cm³/mol. The Morgan fingerprint density at radius 2 is 2.00 bits per heavy atom. The Hall–Kier alpha value is -1.62. The summed E-state index contributed by atoms with van der Waals surface area (Å²) in [5.74, 6) is -0.738. The van der Waals surface area contributed by atoms with Gasteiger partial charge >= 0.3 is 6.36 Å².